The quantitative estimate of drug-likeness (QED) is 0.763. The van der Waals surface area contributed by atoms with Crippen molar-refractivity contribution in [3.63, 3.8) is 0 Å². The van der Waals surface area contributed by atoms with Gasteiger partial charge in [0.25, 0.3) is 0 Å². The van der Waals surface area contributed by atoms with Crippen LogP contribution in [0.3, 0.4) is 0 Å². The third-order valence-corrected chi connectivity index (χ3v) is 6.27. The van der Waals surface area contributed by atoms with Crippen LogP contribution in [-0.4, -0.2) is 32.2 Å². The summed E-state index contributed by atoms with van der Waals surface area (Å²) in [4.78, 5) is 2.86. The number of rotatable bonds is 6. The molecule has 2 aromatic carbocycles. The highest BCUT2D eigenvalue weighted by Crippen LogP contribution is 2.19. The number of unbranched alkanes of at least 4 members (excludes halogenated alkanes) is 1. The Hall–Kier alpha value is -1.65. The highest BCUT2D eigenvalue weighted by atomic mass is 32.2. The average molecular weight is 329 g/mol. The SMILES string of the molecule is O=S(=O)(CCCCN1CCc2ccccc2C1)c1ccccc1. The largest absolute Gasteiger partial charge is 0.299 e. The second-order valence-electron chi connectivity index (χ2n) is 6.13. The van der Waals surface area contributed by atoms with Crippen LogP contribution in [0.15, 0.2) is 59.5 Å². The molecular formula is C19H23NO2S. The van der Waals surface area contributed by atoms with E-state index in [0.29, 0.717) is 4.90 Å². The van der Waals surface area contributed by atoms with Crippen molar-refractivity contribution in [1.82, 2.24) is 4.90 Å². The molecule has 1 aliphatic rings. The lowest BCUT2D eigenvalue weighted by atomic mass is 10.00. The van der Waals surface area contributed by atoms with Crippen LogP contribution in [0.1, 0.15) is 24.0 Å². The van der Waals surface area contributed by atoms with Crippen LogP contribution >= 0.6 is 0 Å². The highest BCUT2D eigenvalue weighted by Gasteiger charge is 2.16. The maximum absolute atomic E-state index is 12.2. The fraction of sp³-hybridized carbons (Fsp3) is 0.368. The Morgan fingerprint density at radius 1 is 0.870 bits per heavy atom. The average Bonchev–Trinajstić information content (AvgIpc) is 2.59. The van der Waals surface area contributed by atoms with Crippen LogP contribution < -0.4 is 0 Å². The first-order valence-electron chi connectivity index (χ1n) is 8.22. The molecule has 0 bridgehead atoms. The van der Waals surface area contributed by atoms with E-state index in [1.807, 2.05) is 6.07 Å². The molecule has 23 heavy (non-hydrogen) atoms. The monoisotopic (exact) mass is 329 g/mol. The van der Waals surface area contributed by atoms with Gasteiger partial charge in [-0.15, -0.1) is 0 Å². The molecule has 2 aromatic rings. The predicted molar refractivity (Wildman–Crippen MR) is 93.2 cm³/mol. The van der Waals surface area contributed by atoms with E-state index in [0.717, 1.165) is 38.9 Å². The highest BCUT2D eigenvalue weighted by molar-refractivity contribution is 7.91. The first-order valence-corrected chi connectivity index (χ1v) is 9.87. The molecule has 0 aromatic heterocycles. The van der Waals surface area contributed by atoms with E-state index in [-0.39, 0.29) is 5.75 Å². The summed E-state index contributed by atoms with van der Waals surface area (Å²) in [6.07, 6.45) is 2.74. The number of hydrogen-bond acceptors (Lipinski definition) is 3. The van der Waals surface area contributed by atoms with Crippen molar-refractivity contribution in [2.75, 3.05) is 18.8 Å². The molecule has 1 aliphatic heterocycles. The standard InChI is InChI=1S/C19H23NO2S/c21-23(22,19-10-2-1-3-11-19)15-7-6-13-20-14-12-17-8-4-5-9-18(17)16-20/h1-5,8-11H,6-7,12-16H2. The Kier molecular flexibility index (Phi) is 5.13. The van der Waals surface area contributed by atoms with Crippen LogP contribution in [0.25, 0.3) is 0 Å². The van der Waals surface area contributed by atoms with E-state index >= 15 is 0 Å². The number of hydrogen-bond donors (Lipinski definition) is 0. The van der Waals surface area contributed by atoms with Crippen LogP contribution in [0.4, 0.5) is 0 Å². The van der Waals surface area contributed by atoms with E-state index in [4.69, 9.17) is 0 Å². The molecule has 0 N–H and O–H groups in total. The van der Waals surface area contributed by atoms with Crippen molar-refractivity contribution in [3.05, 3.63) is 65.7 Å². The van der Waals surface area contributed by atoms with Crippen LogP contribution in [0.5, 0.6) is 0 Å². The van der Waals surface area contributed by atoms with E-state index in [9.17, 15) is 8.42 Å². The van der Waals surface area contributed by atoms with Gasteiger partial charge >= 0.3 is 0 Å². The Bertz CT molecular complexity index is 741. The van der Waals surface area contributed by atoms with Crippen LogP contribution in [0, 0.1) is 0 Å². The number of nitrogens with zero attached hydrogens (tertiary/aromatic N) is 1. The van der Waals surface area contributed by atoms with Crippen molar-refractivity contribution in [2.24, 2.45) is 0 Å². The predicted octanol–water partition coefficient (Wildman–Crippen LogP) is 3.30. The van der Waals surface area contributed by atoms with Gasteiger partial charge in [-0.25, -0.2) is 8.42 Å². The molecule has 0 aliphatic carbocycles. The lowest BCUT2D eigenvalue weighted by Gasteiger charge is -2.28. The Morgan fingerprint density at radius 2 is 1.57 bits per heavy atom. The van der Waals surface area contributed by atoms with E-state index < -0.39 is 9.84 Å². The summed E-state index contributed by atoms with van der Waals surface area (Å²) < 4.78 is 24.5. The smallest absolute Gasteiger partial charge is 0.178 e. The number of benzene rings is 2. The van der Waals surface area contributed by atoms with E-state index in [1.165, 1.54) is 11.1 Å². The molecule has 3 nitrogen and oxygen atoms in total. The van der Waals surface area contributed by atoms with Gasteiger partial charge in [0.15, 0.2) is 9.84 Å². The van der Waals surface area contributed by atoms with Crippen molar-refractivity contribution in [2.45, 2.75) is 30.7 Å². The topological polar surface area (TPSA) is 37.4 Å². The summed E-state index contributed by atoms with van der Waals surface area (Å²) in [5.74, 6) is 0.238. The number of fused-ring (bicyclic) bond motifs is 1. The summed E-state index contributed by atoms with van der Waals surface area (Å²) in [6, 6.07) is 17.3. The summed E-state index contributed by atoms with van der Waals surface area (Å²) >= 11 is 0. The molecule has 1 heterocycles. The van der Waals surface area contributed by atoms with Gasteiger partial charge in [0.1, 0.15) is 0 Å². The third-order valence-electron chi connectivity index (χ3n) is 4.45. The zero-order valence-corrected chi connectivity index (χ0v) is 14.1. The zero-order chi connectivity index (χ0) is 16.1. The zero-order valence-electron chi connectivity index (χ0n) is 13.3. The maximum Gasteiger partial charge on any atom is 0.178 e. The molecule has 0 fully saturated rings. The van der Waals surface area contributed by atoms with Gasteiger partial charge in [-0.1, -0.05) is 42.5 Å². The molecule has 0 spiro atoms. The molecule has 0 unspecified atom stereocenters. The molecule has 0 amide bonds. The first kappa shape index (κ1) is 16.2. The van der Waals surface area contributed by atoms with Gasteiger partial charge in [0.05, 0.1) is 10.6 Å². The fourth-order valence-corrected chi connectivity index (χ4v) is 4.51. The van der Waals surface area contributed by atoms with Gasteiger partial charge in [-0.05, 0) is 49.1 Å². The summed E-state index contributed by atoms with van der Waals surface area (Å²) in [5.41, 5.74) is 2.87. The van der Waals surface area contributed by atoms with Gasteiger partial charge in [0.2, 0.25) is 0 Å². The molecular weight excluding hydrogens is 306 g/mol. The summed E-state index contributed by atoms with van der Waals surface area (Å²) in [6.45, 7) is 3.03. The Morgan fingerprint density at radius 3 is 2.35 bits per heavy atom. The normalized spacial score (nSPS) is 15.3. The fourth-order valence-electron chi connectivity index (χ4n) is 3.12. The summed E-state index contributed by atoms with van der Waals surface area (Å²) in [5, 5.41) is 0. The Labute approximate surface area is 138 Å². The molecule has 0 saturated carbocycles. The molecule has 4 heteroatoms. The van der Waals surface area contributed by atoms with Crippen LogP contribution in [-0.2, 0) is 22.8 Å². The van der Waals surface area contributed by atoms with Gasteiger partial charge in [-0.3, -0.25) is 4.90 Å². The second kappa shape index (κ2) is 7.28. The van der Waals surface area contributed by atoms with Crippen molar-refractivity contribution in [3.8, 4) is 0 Å². The first-order chi connectivity index (χ1) is 11.1. The molecule has 122 valence electrons. The van der Waals surface area contributed by atoms with Gasteiger partial charge in [-0.2, -0.15) is 0 Å². The van der Waals surface area contributed by atoms with Crippen LogP contribution in [0.2, 0.25) is 0 Å². The minimum Gasteiger partial charge on any atom is -0.299 e. The summed E-state index contributed by atoms with van der Waals surface area (Å²) in [7, 11) is -3.13. The maximum atomic E-state index is 12.2. The van der Waals surface area contributed by atoms with Crippen molar-refractivity contribution < 1.29 is 8.42 Å². The van der Waals surface area contributed by atoms with Crippen molar-refractivity contribution in [1.29, 1.82) is 0 Å². The van der Waals surface area contributed by atoms with Gasteiger partial charge in [0, 0.05) is 13.1 Å². The Balaban J connectivity index is 1.46. The van der Waals surface area contributed by atoms with E-state index in [1.54, 1.807) is 24.3 Å². The minimum absolute atomic E-state index is 0.238. The second-order valence-corrected chi connectivity index (χ2v) is 8.24. The number of sulfone groups is 1. The van der Waals surface area contributed by atoms with Gasteiger partial charge < -0.3 is 0 Å². The molecule has 0 radical (unpaired) electrons. The molecule has 3 rings (SSSR count). The lowest BCUT2D eigenvalue weighted by molar-refractivity contribution is 0.250. The minimum atomic E-state index is -3.13. The molecule has 0 saturated heterocycles. The lowest BCUT2D eigenvalue weighted by Crippen LogP contribution is -2.31. The molecule has 0 atom stereocenters. The van der Waals surface area contributed by atoms with E-state index in [2.05, 4.69) is 29.2 Å². The third kappa shape index (κ3) is 4.21. The van der Waals surface area contributed by atoms with Crippen molar-refractivity contribution >= 4 is 9.84 Å².